The summed E-state index contributed by atoms with van der Waals surface area (Å²) in [5, 5.41) is 3.00. The van der Waals surface area contributed by atoms with Gasteiger partial charge < -0.3 is 19.5 Å². The molecule has 0 fully saturated rings. The highest BCUT2D eigenvalue weighted by atomic mass is 19.1. The minimum atomic E-state index is -0.388. The summed E-state index contributed by atoms with van der Waals surface area (Å²) < 4.78 is 21.2. The number of nitrogens with one attached hydrogen (secondary N) is 1. The molecule has 0 radical (unpaired) electrons. The van der Waals surface area contributed by atoms with Crippen LogP contribution in [0.15, 0.2) is 30.6 Å². The van der Waals surface area contributed by atoms with Crippen LogP contribution in [0, 0.1) is 5.82 Å². The van der Waals surface area contributed by atoms with Crippen molar-refractivity contribution in [2.75, 3.05) is 13.2 Å². The second-order valence-corrected chi connectivity index (χ2v) is 5.76. The predicted octanol–water partition coefficient (Wildman–Crippen LogP) is 2.07. The normalized spacial score (nSPS) is 19.5. The van der Waals surface area contributed by atoms with Gasteiger partial charge >= 0.3 is 6.03 Å². The number of nitrogens with zero attached hydrogens (tertiary/aromatic N) is 3. The highest BCUT2D eigenvalue weighted by molar-refractivity contribution is 5.75. The predicted molar refractivity (Wildman–Crippen MR) is 80.4 cm³/mol. The largest absolute Gasteiger partial charge is 0.490 e. The number of carbonyl (C=O) groups excluding carboxylic acids is 1. The molecule has 0 bridgehead atoms. The van der Waals surface area contributed by atoms with E-state index in [4.69, 9.17) is 4.74 Å². The smallest absolute Gasteiger partial charge is 0.318 e. The van der Waals surface area contributed by atoms with Gasteiger partial charge in [0.2, 0.25) is 0 Å². The molecule has 7 heteroatoms. The topological polar surface area (TPSA) is 59.4 Å². The van der Waals surface area contributed by atoms with Crippen molar-refractivity contribution in [2.24, 2.45) is 0 Å². The fraction of sp³-hybridized carbons (Fsp3) is 0.375. The average Bonchev–Trinajstić information content (AvgIpc) is 3.03. The Kier molecular flexibility index (Phi) is 3.40. The van der Waals surface area contributed by atoms with Crippen LogP contribution in [0.5, 0.6) is 5.75 Å². The van der Waals surface area contributed by atoms with E-state index in [-0.39, 0.29) is 23.6 Å². The summed E-state index contributed by atoms with van der Waals surface area (Å²) in [6, 6.07) is 4.42. The molecule has 2 aliphatic rings. The van der Waals surface area contributed by atoms with Crippen LogP contribution >= 0.6 is 0 Å². The molecule has 0 saturated carbocycles. The Morgan fingerprint density at radius 3 is 3.22 bits per heavy atom. The van der Waals surface area contributed by atoms with E-state index in [1.165, 1.54) is 6.07 Å². The van der Waals surface area contributed by atoms with Crippen LogP contribution in [0.3, 0.4) is 0 Å². The summed E-state index contributed by atoms with van der Waals surface area (Å²) >= 11 is 0. The number of rotatable bonds is 1. The van der Waals surface area contributed by atoms with Gasteiger partial charge in [0.25, 0.3) is 0 Å². The van der Waals surface area contributed by atoms with E-state index in [9.17, 15) is 9.18 Å². The first-order chi connectivity index (χ1) is 11.2. The summed E-state index contributed by atoms with van der Waals surface area (Å²) in [5.74, 6) is 0.740. The molecule has 1 N–H and O–H groups in total. The summed E-state index contributed by atoms with van der Waals surface area (Å²) in [7, 11) is 0. The Morgan fingerprint density at radius 1 is 1.39 bits per heavy atom. The molecule has 0 saturated heterocycles. The van der Waals surface area contributed by atoms with Gasteiger partial charge in [0.15, 0.2) is 11.6 Å². The minimum Gasteiger partial charge on any atom is -0.490 e. The third kappa shape index (κ3) is 2.52. The third-order valence-electron chi connectivity index (χ3n) is 4.36. The highest BCUT2D eigenvalue weighted by Crippen LogP contribution is 2.34. The van der Waals surface area contributed by atoms with Crippen molar-refractivity contribution in [2.45, 2.75) is 25.6 Å². The molecule has 0 unspecified atom stereocenters. The fourth-order valence-electron chi connectivity index (χ4n) is 3.12. The summed E-state index contributed by atoms with van der Waals surface area (Å²) in [6.45, 7) is 2.25. The summed E-state index contributed by atoms with van der Waals surface area (Å²) in [4.78, 5) is 18.5. The highest BCUT2D eigenvalue weighted by Gasteiger charge is 2.28. The Bertz CT molecular complexity index is 745. The Balaban J connectivity index is 1.49. The number of aromatic nitrogens is 2. The maximum Gasteiger partial charge on any atom is 0.318 e. The number of imidazole rings is 1. The van der Waals surface area contributed by atoms with E-state index in [1.807, 2.05) is 10.8 Å². The molecule has 3 heterocycles. The molecule has 6 nitrogen and oxygen atoms in total. The quantitative estimate of drug-likeness (QED) is 0.876. The number of fused-ring (bicyclic) bond motifs is 2. The van der Waals surface area contributed by atoms with E-state index in [0.29, 0.717) is 31.7 Å². The van der Waals surface area contributed by atoms with Crippen LogP contribution in [-0.4, -0.2) is 33.6 Å². The number of para-hydroxylation sites is 1. The standard InChI is InChI=1S/C16H17FN4O2/c17-12-3-1-2-11-13(4-9-23-15(11)12)19-16(22)21-8-7-20-6-5-18-14(20)10-21/h1-3,5-6,13H,4,7-10H2,(H,19,22)/t13-/m0/s1. The number of ether oxygens (including phenoxy) is 1. The fourth-order valence-corrected chi connectivity index (χ4v) is 3.12. The van der Waals surface area contributed by atoms with Gasteiger partial charge in [-0.3, -0.25) is 0 Å². The Morgan fingerprint density at radius 2 is 2.30 bits per heavy atom. The number of hydrogen-bond donors (Lipinski definition) is 1. The van der Waals surface area contributed by atoms with Gasteiger partial charge in [-0.05, 0) is 6.07 Å². The van der Waals surface area contributed by atoms with E-state index in [0.717, 1.165) is 12.4 Å². The first-order valence-electron chi connectivity index (χ1n) is 7.69. The van der Waals surface area contributed by atoms with Gasteiger partial charge in [0, 0.05) is 37.5 Å². The van der Waals surface area contributed by atoms with Gasteiger partial charge in [-0.2, -0.15) is 0 Å². The van der Waals surface area contributed by atoms with Crippen LogP contribution in [0.2, 0.25) is 0 Å². The second kappa shape index (κ2) is 5.57. The van der Waals surface area contributed by atoms with Gasteiger partial charge in [-0.15, -0.1) is 0 Å². The Hall–Kier alpha value is -2.57. The third-order valence-corrected chi connectivity index (χ3v) is 4.36. The van der Waals surface area contributed by atoms with E-state index < -0.39 is 0 Å². The van der Waals surface area contributed by atoms with Gasteiger partial charge in [0.1, 0.15) is 5.82 Å². The van der Waals surface area contributed by atoms with Crippen molar-refractivity contribution in [3.63, 3.8) is 0 Å². The number of amides is 2. The number of carbonyl (C=O) groups is 1. The van der Waals surface area contributed by atoms with Crippen molar-refractivity contribution in [1.82, 2.24) is 19.8 Å². The van der Waals surface area contributed by atoms with Crippen LogP contribution in [0.4, 0.5) is 9.18 Å². The first kappa shape index (κ1) is 14.0. The lowest BCUT2D eigenvalue weighted by Crippen LogP contribution is -2.46. The minimum absolute atomic E-state index is 0.152. The molecule has 1 aromatic carbocycles. The molecule has 2 aliphatic heterocycles. The first-order valence-corrected chi connectivity index (χ1v) is 7.69. The molecule has 1 atom stereocenters. The molecule has 0 spiro atoms. The molecule has 2 amide bonds. The lowest BCUT2D eigenvalue weighted by Gasteiger charge is -2.32. The zero-order valence-electron chi connectivity index (χ0n) is 12.5. The molecule has 2 aromatic rings. The maximum absolute atomic E-state index is 13.8. The maximum atomic E-state index is 13.8. The summed E-state index contributed by atoms with van der Waals surface area (Å²) in [6.07, 6.45) is 4.29. The van der Waals surface area contributed by atoms with Crippen molar-refractivity contribution >= 4 is 6.03 Å². The monoisotopic (exact) mass is 316 g/mol. The van der Waals surface area contributed by atoms with Crippen molar-refractivity contribution in [1.29, 1.82) is 0 Å². The molecular formula is C16H17FN4O2. The summed E-state index contributed by atoms with van der Waals surface area (Å²) in [5.41, 5.74) is 0.697. The van der Waals surface area contributed by atoms with E-state index in [1.54, 1.807) is 23.2 Å². The van der Waals surface area contributed by atoms with Gasteiger partial charge in [-0.1, -0.05) is 12.1 Å². The van der Waals surface area contributed by atoms with Crippen LogP contribution in [0.1, 0.15) is 23.9 Å². The molecule has 0 aliphatic carbocycles. The molecule has 1 aromatic heterocycles. The van der Waals surface area contributed by atoms with Gasteiger partial charge in [0.05, 0.1) is 19.2 Å². The molecule has 23 heavy (non-hydrogen) atoms. The zero-order valence-corrected chi connectivity index (χ0v) is 12.5. The van der Waals surface area contributed by atoms with Crippen LogP contribution in [0.25, 0.3) is 0 Å². The molecule has 4 rings (SSSR count). The lowest BCUT2D eigenvalue weighted by atomic mass is 10.0. The average molecular weight is 316 g/mol. The molecule has 120 valence electrons. The van der Waals surface area contributed by atoms with Crippen molar-refractivity contribution < 1.29 is 13.9 Å². The zero-order chi connectivity index (χ0) is 15.8. The SMILES string of the molecule is O=C(N[C@H]1CCOc2c(F)cccc21)N1CCn2ccnc2C1. The number of benzene rings is 1. The van der Waals surface area contributed by atoms with Gasteiger partial charge in [-0.25, -0.2) is 14.2 Å². The van der Waals surface area contributed by atoms with Crippen LogP contribution in [-0.2, 0) is 13.1 Å². The number of urea groups is 1. The number of hydrogen-bond acceptors (Lipinski definition) is 3. The van der Waals surface area contributed by atoms with Crippen molar-refractivity contribution in [3.8, 4) is 5.75 Å². The van der Waals surface area contributed by atoms with Crippen molar-refractivity contribution in [3.05, 3.63) is 47.8 Å². The number of halogens is 1. The van der Waals surface area contributed by atoms with E-state index in [2.05, 4.69) is 10.3 Å². The second-order valence-electron chi connectivity index (χ2n) is 5.76. The molecular weight excluding hydrogens is 299 g/mol. The lowest BCUT2D eigenvalue weighted by molar-refractivity contribution is 0.171. The van der Waals surface area contributed by atoms with Crippen LogP contribution < -0.4 is 10.1 Å². The van der Waals surface area contributed by atoms with E-state index >= 15 is 0 Å². The Labute approximate surface area is 132 Å².